The average molecular weight is 196 g/mol. The minimum absolute atomic E-state index is 0.278. The first kappa shape index (κ1) is 9.91. The van der Waals surface area contributed by atoms with Crippen LogP contribution in [0.25, 0.3) is 6.08 Å². The van der Waals surface area contributed by atoms with Crippen LogP contribution in [0.1, 0.15) is 5.56 Å². The SMILES string of the molecule is O=C(O)/C=C/c1cc(O)c(O)c(O)c1. The number of hydrogen-bond acceptors (Lipinski definition) is 4. The van der Waals surface area contributed by atoms with E-state index in [0.717, 1.165) is 18.2 Å². The first-order valence-corrected chi connectivity index (χ1v) is 3.66. The van der Waals surface area contributed by atoms with Crippen LogP contribution >= 0.6 is 0 Å². The molecule has 4 N–H and O–H groups in total. The summed E-state index contributed by atoms with van der Waals surface area (Å²) in [6.07, 6.45) is 2.03. The zero-order valence-electron chi connectivity index (χ0n) is 7.01. The van der Waals surface area contributed by atoms with Gasteiger partial charge in [-0.3, -0.25) is 0 Å². The van der Waals surface area contributed by atoms with Gasteiger partial charge in [0.25, 0.3) is 0 Å². The number of phenolic OH excluding ortho intramolecular Hbond substituents is 3. The fraction of sp³-hybridized carbons (Fsp3) is 0. The van der Waals surface area contributed by atoms with Crippen molar-refractivity contribution in [1.29, 1.82) is 0 Å². The molecule has 0 spiro atoms. The van der Waals surface area contributed by atoms with Crippen molar-refractivity contribution in [3.05, 3.63) is 23.8 Å². The van der Waals surface area contributed by atoms with E-state index >= 15 is 0 Å². The Morgan fingerprint density at radius 2 is 1.64 bits per heavy atom. The second-order valence-electron chi connectivity index (χ2n) is 2.58. The lowest BCUT2D eigenvalue weighted by atomic mass is 10.1. The molecule has 0 amide bonds. The molecule has 0 atom stereocenters. The van der Waals surface area contributed by atoms with Gasteiger partial charge in [-0.1, -0.05) is 0 Å². The Hall–Kier alpha value is -2.17. The number of carbonyl (C=O) groups is 1. The summed E-state index contributed by atoms with van der Waals surface area (Å²) in [4.78, 5) is 10.1. The normalized spacial score (nSPS) is 10.6. The number of hydrogen-bond donors (Lipinski definition) is 4. The molecular weight excluding hydrogens is 188 g/mol. The number of phenols is 3. The van der Waals surface area contributed by atoms with Crippen molar-refractivity contribution in [2.75, 3.05) is 0 Å². The summed E-state index contributed by atoms with van der Waals surface area (Å²) in [6.45, 7) is 0. The summed E-state index contributed by atoms with van der Waals surface area (Å²) in [7, 11) is 0. The minimum Gasteiger partial charge on any atom is -0.504 e. The molecule has 1 aromatic carbocycles. The van der Waals surface area contributed by atoms with Crippen molar-refractivity contribution in [2.45, 2.75) is 0 Å². The first-order chi connectivity index (χ1) is 6.50. The summed E-state index contributed by atoms with van der Waals surface area (Å²) in [6, 6.07) is 2.27. The van der Waals surface area contributed by atoms with Crippen molar-refractivity contribution in [3.8, 4) is 17.2 Å². The second-order valence-corrected chi connectivity index (χ2v) is 2.58. The molecule has 0 aliphatic rings. The van der Waals surface area contributed by atoms with E-state index in [1.807, 2.05) is 0 Å². The molecule has 74 valence electrons. The van der Waals surface area contributed by atoms with Crippen LogP contribution in [0.4, 0.5) is 0 Å². The van der Waals surface area contributed by atoms with Gasteiger partial charge < -0.3 is 20.4 Å². The molecule has 0 heterocycles. The second kappa shape index (κ2) is 3.69. The van der Waals surface area contributed by atoms with Crippen molar-refractivity contribution >= 4 is 12.0 Å². The number of benzene rings is 1. The van der Waals surface area contributed by atoms with Crippen LogP contribution in [0, 0.1) is 0 Å². The van der Waals surface area contributed by atoms with Crippen molar-refractivity contribution < 1.29 is 25.2 Å². The third-order valence-corrected chi connectivity index (χ3v) is 1.51. The van der Waals surface area contributed by atoms with Gasteiger partial charge >= 0.3 is 5.97 Å². The Kier molecular flexibility index (Phi) is 2.62. The molecule has 1 aromatic rings. The summed E-state index contributed by atoms with van der Waals surface area (Å²) in [5.41, 5.74) is 0.278. The lowest BCUT2D eigenvalue weighted by Crippen LogP contribution is -1.85. The highest BCUT2D eigenvalue weighted by Crippen LogP contribution is 2.35. The molecule has 0 aliphatic heterocycles. The monoisotopic (exact) mass is 196 g/mol. The third-order valence-electron chi connectivity index (χ3n) is 1.51. The molecule has 0 radical (unpaired) electrons. The molecule has 14 heavy (non-hydrogen) atoms. The first-order valence-electron chi connectivity index (χ1n) is 3.66. The summed E-state index contributed by atoms with van der Waals surface area (Å²) in [5.74, 6) is -2.78. The zero-order valence-corrected chi connectivity index (χ0v) is 7.01. The Morgan fingerprint density at radius 3 is 2.07 bits per heavy atom. The van der Waals surface area contributed by atoms with Crippen LogP contribution in [0.15, 0.2) is 18.2 Å². The van der Waals surface area contributed by atoms with E-state index in [1.54, 1.807) is 0 Å². The van der Waals surface area contributed by atoms with Gasteiger partial charge in [0, 0.05) is 6.08 Å². The Balaban J connectivity index is 3.07. The molecule has 0 saturated carbocycles. The number of carboxylic acids is 1. The van der Waals surface area contributed by atoms with E-state index in [4.69, 9.17) is 20.4 Å². The molecule has 0 aliphatic carbocycles. The van der Waals surface area contributed by atoms with Gasteiger partial charge in [-0.2, -0.15) is 0 Å². The number of rotatable bonds is 2. The quantitative estimate of drug-likeness (QED) is 0.416. The average Bonchev–Trinajstić information content (AvgIpc) is 2.10. The van der Waals surface area contributed by atoms with E-state index in [2.05, 4.69) is 0 Å². The molecule has 0 saturated heterocycles. The van der Waals surface area contributed by atoms with Gasteiger partial charge in [0.15, 0.2) is 17.2 Å². The van der Waals surface area contributed by atoms with Gasteiger partial charge in [0.2, 0.25) is 0 Å². The molecule has 0 bridgehead atoms. The summed E-state index contributed by atoms with van der Waals surface area (Å²) < 4.78 is 0. The van der Waals surface area contributed by atoms with E-state index in [1.165, 1.54) is 6.08 Å². The van der Waals surface area contributed by atoms with Crippen LogP contribution < -0.4 is 0 Å². The lowest BCUT2D eigenvalue weighted by molar-refractivity contribution is -0.131. The van der Waals surface area contributed by atoms with E-state index < -0.39 is 23.2 Å². The molecule has 0 aromatic heterocycles. The number of aliphatic carboxylic acids is 1. The highest BCUT2D eigenvalue weighted by Gasteiger charge is 2.06. The van der Waals surface area contributed by atoms with Gasteiger partial charge in [-0.05, 0) is 23.8 Å². The maximum atomic E-state index is 10.1. The van der Waals surface area contributed by atoms with Gasteiger partial charge in [0.1, 0.15) is 0 Å². The topological polar surface area (TPSA) is 98.0 Å². The molecule has 0 fully saturated rings. The van der Waals surface area contributed by atoms with E-state index in [9.17, 15) is 4.79 Å². The lowest BCUT2D eigenvalue weighted by Gasteiger charge is -2.01. The van der Waals surface area contributed by atoms with Gasteiger partial charge in [0.05, 0.1) is 0 Å². The van der Waals surface area contributed by atoms with Crippen LogP contribution in [0.5, 0.6) is 17.2 Å². The standard InChI is InChI=1S/C9H8O5/c10-6-3-5(1-2-8(12)13)4-7(11)9(6)14/h1-4,10-11,14H,(H,12,13)/b2-1+. The third kappa shape index (κ3) is 2.16. The molecule has 5 nitrogen and oxygen atoms in total. The fourth-order valence-corrected chi connectivity index (χ4v) is 0.889. The van der Waals surface area contributed by atoms with Crippen LogP contribution in [-0.4, -0.2) is 26.4 Å². The van der Waals surface area contributed by atoms with Crippen LogP contribution in [0.3, 0.4) is 0 Å². The zero-order chi connectivity index (χ0) is 10.7. The fourth-order valence-electron chi connectivity index (χ4n) is 0.889. The summed E-state index contributed by atoms with van der Waals surface area (Å²) in [5, 5.41) is 35.4. The molecule has 5 heteroatoms. The predicted octanol–water partition coefficient (Wildman–Crippen LogP) is 0.901. The van der Waals surface area contributed by atoms with Crippen LogP contribution in [-0.2, 0) is 4.79 Å². The largest absolute Gasteiger partial charge is 0.504 e. The van der Waals surface area contributed by atoms with Crippen molar-refractivity contribution in [1.82, 2.24) is 0 Å². The minimum atomic E-state index is -1.14. The number of carboxylic acid groups (broad SMARTS) is 1. The predicted molar refractivity (Wildman–Crippen MR) is 48.1 cm³/mol. The maximum Gasteiger partial charge on any atom is 0.328 e. The Morgan fingerprint density at radius 1 is 1.14 bits per heavy atom. The highest BCUT2D eigenvalue weighted by atomic mass is 16.4. The van der Waals surface area contributed by atoms with Crippen LogP contribution in [0.2, 0.25) is 0 Å². The maximum absolute atomic E-state index is 10.1. The van der Waals surface area contributed by atoms with Gasteiger partial charge in [-0.25, -0.2) is 4.79 Å². The molecule has 0 unspecified atom stereocenters. The molecular formula is C9H8O5. The smallest absolute Gasteiger partial charge is 0.328 e. The molecule has 1 rings (SSSR count). The van der Waals surface area contributed by atoms with E-state index in [-0.39, 0.29) is 5.56 Å². The Bertz CT molecular complexity index is 371. The Labute approximate surface area is 79.2 Å². The number of aromatic hydroxyl groups is 3. The van der Waals surface area contributed by atoms with Crippen molar-refractivity contribution in [3.63, 3.8) is 0 Å². The van der Waals surface area contributed by atoms with Gasteiger partial charge in [-0.15, -0.1) is 0 Å². The highest BCUT2D eigenvalue weighted by molar-refractivity contribution is 5.85. The summed E-state index contributed by atoms with van der Waals surface area (Å²) >= 11 is 0. The van der Waals surface area contributed by atoms with E-state index in [0.29, 0.717) is 0 Å². The van der Waals surface area contributed by atoms with Crippen molar-refractivity contribution in [2.24, 2.45) is 0 Å².